The number of hydrogen-bond acceptors (Lipinski definition) is 6. The molecule has 3 atom stereocenters. The molecular formula is C30H38O6. The molecule has 1 heterocycles. The second-order valence-corrected chi connectivity index (χ2v) is 11.4. The highest BCUT2D eigenvalue weighted by Gasteiger charge is 2.43. The highest BCUT2D eigenvalue weighted by molar-refractivity contribution is 5.83. The van der Waals surface area contributed by atoms with Gasteiger partial charge in [0, 0.05) is 5.56 Å². The van der Waals surface area contributed by atoms with Crippen LogP contribution in [0.1, 0.15) is 71.8 Å². The van der Waals surface area contributed by atoms with Crippen LogP contribution in [-0.4, -0.2) is 20.4 Å². The zero-order valence-corrected chi connectivity index (χ0v) is 21.7. The molecule has 0 bridgehead atoms. The molecule has 6 heteroatoms. The molecule has 36 heavy (non-hydrogen) atoms. The maximum absolute atomic E-state index is 12.7. The standard InChI is InChI=1S/C30H38O6/c1-17(2)22-11-13-30(22,4)12-5-6-18(3)7-8-19-9-10-21-25(14-19)36-29(28(35)26(21)33)20-15-23(31)27(34)24(32)16-20/h9-10,14-18,22,31-32,34-35H,5-8,11-13H2,1-4H3. The average molecular weight is 495 g/mol. The largest absolute Gasteiger partial charge is 0.504 e. The van der Waals surface area contributed by atoms with Crippen LogP contribution in [0.25, 0.3) is 22.3 Å². The lowest BCUT2D eigenvalue weighted by molar-refractivity contribution is 0.00278. The Kier molecular flexibility index (Phi) is 7.26. The molecule has 4 rings (SSSR count). The van der Waals surface area contributed by atoms with Crippen molar-refractivity contribution >= 4 is 11.0 Å². The van der Waals surface area contributed by atoms with Crippen molar-refractivity contribution in [3.05, 3.63) is 46.1 Å². The van der Waals surface area contributed by atoms with Gasteiger partial charge in [0.1, 0.15) is 5.58 Å². The van der Waals surface area contributed by atoms with Crippen molar-refractivity contribution in [2.24, 2.45) is 23.2 Å². The van der Waals surface area contributed by atoms with Crippen LogP contribution in [0.15, 0.2) is 39.5 Å². The Morgan fingerprint density at radius 2 is 1.69 bits per heavy atom. The molecule has 0 radical (unpaired) electrons. The molecule has 0 aliphatic heterocycles. The fourth-order valence-electron chi connectivity index (χ4n) is 5.98. The summed E-state index contributed by atoms with van der Waals surface area (Å²) in [6, 6.07) is 7.62. The quantitative estimate of drug-likeness (QED) is 0.236. The SMILES string of the molecule is CC(CCCC1(C)CCC1C(C)C)CCc1ccc2c(=O)c(O)c(-c3cc(O)c(O)c(O)c3)oc2c1. The topological polar surface area (TPSA) is 111 Å². The van der Waals surface area contributed by atoms with Crippen molar-refractivity contribution in [2.75, 3.05) is 0 Å². The van der Waals surface area contributed by atoms with E-state index in [0.717, 1.165) is 42.4 Å². The van der Waals surface area contributed by atoms with Gasteiger partial charge in [-0.05, 0) is 85.1 Å². The Hall–Kier alpha value is -3.15. The normalized spacial score (nSPS) is 20.5. The highest BCUT2D eigenvalue weighted by atomic mass is 16.4. The van der Waals surface area contributed by atoms with Gasteiger partial charge in [-0.3, -0.25) is 4.79 Å². The molecule has 194 valence electrons. The Balaban J connectivity index is 1.44. The summed E-state index contributed by atoms with van der Waals surface area (Å²) in [5.41, 5.74) is 1.36. The zero-order chi connectivity index (χ0) is 26.2. The van der Waals surface area contributed by atoms with Gasteiger partial charge < -0.3 is 24.8 Å². The maximum Gasteiger partial charge on any atom is 0.235 e. The van der Waals surface area contributed by atoms with Crippen molar-refractivity contribution in [1.29, 1.82) is 0 Å². The van der Waals surface area contributed by atoms with Crippen molar-refractivity contribution < 1.29 is 24.8 Å². The van der Waals surface area contributed by atoms with E-state index in [9.17, 15) is 25.2 Å². The lowest BCUT2D eigenvalue weighted by atomic mass is 9.55. The summed E-state index contributed by atoms with van der Waals surface area (Å²) in [5, 5.41) is 39.9. The van der Waals surface area contributed by atoms with Crippen LogP contribution >= 0.6 is 0 Å². The Morgan fingerprint density at radius 1 is 1.00 bits per heavy atom. The van der Waals surface area contributed by atoms with Gasteiger partial charge in [-0.2, -0.15) is 0 Å². The molecule has 4 N–H and O–H groups in total. The van der Waals surface area contributed by atoms with E-state index in [1.807, 2.05) is 12.1 Å². The van der Waals surface area contributed by atoms with E-state index in [1.165, 1.54) is 32.1 Å². The summed E-state index contributed by atoms with van der Waals surface area (Å²) in [6.45, 7) is 9.45. The first-order valence-electron chi connectivity index (χ1n) is 13.0. The summed E-state index contributed by atoms with van der Waals surface area (Å²) in [5.74, 6) is -0.421. The van der Waals surface area contributed by atoms with E-state index in [4.69, 9.17) is 4.42 Å². The number of phenolic OH excluding ortho intramolecular Hbond substituents is 3. The fraction of sp³-hybridized carbons (Fsp3) is 0.500. The molecule has 3 aromatic rings. The van der Waals surface area contributed by atoms with Gasteiger partial charge in [0.25, 0.3) is 0 Å². The molecule has 2 aromatic carbocycles. The van der Waals surface area contributed by atoms with Crippen molar-refractivity contribution in [3.8, 4) is 34.3 Å². The molecule has 0 spiro atoms. The molecular weight excluding hydrogens is 456 g/mol. The van der Waals surface area contributed by atoms with Crippen molar-refractivity contribution in [3.63, 3.8) is 0 Å². The van der Waals surface area contributed by atoms with E-state index < -0.39 is 28.4 Å². The van der Waals surface area contributed by atoms with E-state index in [-0.39, 0.29) is 16.7 Å². The summed E-state index contributed by atoms with van der Waals surface area (Å²) >= 11 is 0. The highest BCUT2D eigenvalue weighted by Crippen LogP contribution is 2.53. The van der Waals surface area contributed by atoms with Gasteiger partial charge in [0.2, 0.25) is 11.2 Å². The first-order chi connectivity index (χ1) is 17.0. The number of hydrogen-bond donors (Lipinski definition) is 4. The van der Waals surface area contributed by atoms with E-state index >= 15 is 0 Å². The number of aromatic hydroxyl groups is 4. The molecule has 6 nitrogen and oxygen atoms in total. The molecule has 1 saturated carbocycles. The minimum Gasteiger partial charge on any atom is -0.504 e. The number of benzene rings is 2. The van der Waals surface area contributed by atoms with Crippen molar-refractivity contribution in [1.82, 2.24) is 0 Å². The van der Waals surface area contributed by atoms with Gasteiger partial charge in [-0.15, -0.1) is 0 Å². The van der Waals surface area contributed by atoms with Crippen LogP contribution < -0.4 is 5.43 Å². The average Bonchev–Trinajstić information content (AvgIpc) is 2.81. The second-order valence-electron chi connectivity index (χ2n) is 11.4. The number of fused-ring (bicyclic) bond motifs is 1. The molecule has 0 amide bonds. The Bertz CT molecular complexity index is 1280. The Labute approximate surface area is 212 Å². The van der Waals surface area contributed by atoms with Gasteiger partial charge in [0.05, 0.1) is 5.39 Å². The lowest BCUT2D eigenvalue weighted by Gasteiger charge is -2.50. The predicted octanol–water partition coefficient (Wildman–Crippen LogP) is 7.09. The third-order valence-corrected chi connectivity index (χ3v) is 8.36. The minimum absolute atomic E-state index is 0.0817. The molecule has 1 fully saturated rings. The number of phenols is 3. The third-order valence-electron chi connectivity index (χ3n) is 8.36. The molecule has 1 aliphatic rings. The molecule has 1 aromatic heterocycles. The molecule has 0 saturated heterocycles. The maximum atomic E-state index is 12.7. The van der Waals surface area contributed by atoms with Crippen LogP contribution in [0.3, 0.4) is 0 Å². The van der Waals surface area contributed by atoms with Crippen LogP contribution in [0.4, 0.5) is 0 Å². The fourth-order valence-corrected chi connectivity index (χ4v) is 5.98. The first kappa shape index (κ1) is 25.9. The first-order valence-corrected chi connectivity index (χ1v) is 13.0. The monoisotopic (exact) mass is 494 g/mol. The van der Waals surface area contributed by atoms with Gasteiger partial charge in [-0.25, -0.2) is 0 Å². The third kappa shape index (κ3) is 5.04. The van der Waals surface area contributed by atoms with Crippen LogP contribution in [0, 0.1) is 23.2 Å². The van der Waals surface area contributed by atoms with Crippen molar-refractivity contribution in [2.45, 2.75) is 72.6 Å². The molecule has 1 aliphatic carbocycles. The van der Waals surface area contributed by atoms with Gasteiger partial charge in [-0.1, -0.05) is 46.6 Å². The summed E-state index contributed by atoms with van der Waals surface area (Å²) in [6.07, 6.45) is 8.37. The Morgan fingerprint density at radius 3 is 2.31 bits per heavy atom. The second kappa shape index (κ2) is 10.1. The summed E-state index contributed by atoms with van der Waals surface area (Å²) < 4.78 is 5.85. The van der Waals surface area contributed by atoms with E-state index in [2.05, 4.69) is 27.7 Å². The number of rotatable bonds is 9. The lowest BCUT2D eigenvalue weighted by Crippen LogP contribution is -2.40. The number of aryl methyl sites for hydroxylation is 1. The van der Waals surface area contributed by atoms with Gasteiger partial charge in [0.15, 0.2) is 23.0 Å². The van der Waals surface area contributed by atoms with E-state index in [0.29, 0.717) is 16.9 Å². The summed E-state index contributed by atoms with van der Waals surface area (Å²) in [7, 11) is 0. The van der Waals surface area contributed by atoms with Gasteiger partial charge >= 0.3 is 0 Å². The van der Waals surface area contributed by atoms with Crippen LogP contribution in [0.5, 0.6) is 23.0 Å². The predicted molar refractivity (Wildman–Crippen MR) is 142 cm³/mol. The zero-order valence-electron chi connectivity index (χ0n) is 21.7. The van der Waals surface area contributed by atoms with E-state index in [1.54, 1.807) is 6.07 Å². The summed E-state index contributed by atoms with van der Waals surface area (Å²) in [4.78, 5) is 12.7. The molecule has 3 unspecified atom stereocenters. The smallest absolute Gasteiger partial charge is 0.235 e. The minimum atomic E-state index is -0.681. The van der Waals surface area contributed by atoms with Crippen LogP contribution in [-0.2, 0) is 6.42 Å². The van der Waals surface area contributed by atoms with Crippen LogP contribution in [0.2, 0.25) is 0 Å².